The zero-order valence-corrected chi connectivity index (χ0v) is 17.9. The minimum Gasteiger partial charge on any atom is -0.324 e. The highest BCUT2D eigenvalue weighted by atomic mass is 19.4. The van der Waals surface area contributed by atoms with Crippen molar-refractivity contribution in [1.29, 1.82) is 0 Å². The summed E-state index contributed by atoms with van der Waals surface area (Å²) >= 11 is 0. The zero-order chi connectivity index (χ0) is 25.3. The molecule has 2 N–H and O–H groups in total. The maximum Gasteiger partial charge on any atom is 0.418 e. The summed E-state index contributed by atoms with van der Waals surface area (Å²) in [6.07, 6.45) is -4.86. The first-order valence-electron chi connectivity index (χ1n) is 10.2. The van der Waals surface area contributed by atoms with Crippen LogP contribution in [0.2, 0.25) is 0 Å². The van der Waals surface area contributed by atoms with Gasteiger partial charge in [0, 0.05) is 28.1 Å². The van der Waals surface area contributed by atoms with Crippen LogP contribution in [0.1, 0.15) is 31.8 Å². The first-order valence-corrected chi connectivity index (χ1v) is 10.2. The fraction of sp³-hybridized carbons (Fsp3) is 0.0800. The Morgan fingerprint density at radius 2 is 1.57 bits per heavy atom. The van der Waals surface area contributed by atoms with Gasteiger partial charge < -0.3 is 10.6 Å². The van der Waals surface area contributed by atoms with Crippen LogP contribution in [0.4, 0.5) is 28.9 Å². The molecule has 0 saturated heterocycles. The van der Waals surface area contributed by atoms with Gasteiger partial charge in [-0.1, -0.05) is 24.8 Å². The molecule has 0 saturated carbocycles. The third-order valence-corrected chi connectivity index (χ3v) is 5.30. The quantitative estimate of drug-likeness (QED) is 0.492. The number of hydrogen-bond acceptors (Lipinski definition) is 3. The highest BCUT2D eigenvalue weighted by Gasteiger charge is 2.36. The lowest BCUT2D eigenvalue weighted by atomic mass is 10.1. The third-order valence-electron chi connectivity index (χ3n) is 5.30. The maximum absolute atomic E-state index is 13.7. The van der Waals surface area contributed by atoms with Crippen LogP contribution in [-0.4, -0.2) is 29.2 Å². The van der Waals surface area contributed by atoms with Gasteiger partial charge in [0.05, 0.1) is 11.3 Å². The summed E-state index contributed by atoms with van der Waals surface area (Å²) < 4.78 is 54.2. The normalized spacial score (nSPS) is 13.0. The predicted molar refractivity (Wildman–Crippen MR) is 121 cm³/mol. The average Bonchev–Trinajstić information content (AvgIpc) is 3.05. The zero-order valence-electron chi connectivity index (χ0n) is 17.9. The minimum atomic E-state index is -4.86. The molecule has 0 aromatic heterocycles. The highest BCUT2D eigenvalue weighted by Crippen LogP contribution is 2.37. The molecule has 1 aliphatic heterocycles. The summed E-state index contributed by atoms with van der Waals surface area (Å²) in [5, 5.41) is 4.49. The molecule has 1 aliphatic rings. The van der Waals surface area contributed by atoms with Gasteiger partial charge in [0.2, 0.25) is 5.91 Å². The molecule has 0 aliphatic carbocycles. The number of nitrogens with one attached hydrogen (secondary N) is 2. The number of amides is 3. The van der Waals surface area contributed by atoms with Crippen molar-refractivity contribution in [3.8, 4) is 0 Å². The first kappa shape index (κ1) is 23.7. The van der Waals surface area contributed by atoms with E-state index in [-0.39, 0.29) is 16.9 Å². The number of carbonyl (C=O) groups excluding carboxylic acids is 3. The Kier molecular flexibility index (Phi) is 6.12. The fourth-order valence-corrected chi connectivity index (χ4v) is 3.61. The van der Waals surface area contributed by atoms with Crippen molar-refractivity contribution in [1.82, 2.24) is 4.90 Å². The van der Waals surface area contributed by atoms with Crippen LogP contribution < -0.4 is 10.6 Å². The molecule has 178 valence electrons. The summed E-state index contributed by atoms with van der Waals surface area (Å²) in [5.74, 6) is -2.64. The topological polar surface area (TPSA) is 78.5 Å². The lowest BCUT2D eigenvalue weighted by Crippen LogP contribution is -2.33. The van der Waals surface area contributed by atoms with E-state index in [1.165, 1.54) is 18.2 Å². The summed E-state index contributed by atoms with van der Waals surface area (Å²) in [6.45, 7) is 3.26. The Bertz CT molecular complexity index is 1320. The van der Waals surface area contributed by atoms with Gasteiger partial charge in [-0.3, -0.25) is 19.3 Å². The van der Waals surface area contributed by atoms with E-state index >= 15 is 0 Å². The maximum atomic E-state index is 13.7. The van der Waals surface area contributed by atoms with Gasteiger partial charge in [0.1, 0.15) is 12.4 Å². The molecule has 3 amide bonds. The second kappa shape index (κ2) is 9.05. The first-order chi connectivity index (χ1) is 16.5. The number of fused-ring (bicyclic) bond motifs is 1. The molecule has 3 aromatic carbocycles. The lowest BCUT2D eigenvalue weighted by molar-refractivity contribution is -0.136. The predicted octanol–water partition coefficient (Wildman–Crippen LogP) is 5.16. The van der Waals surface area contributed by atoms with Gasteiger partial charge >= 0.3 is 6.18 Å². The van der Waals surface area contributed by atoms with Crippen molar-refractivity contribution < 1.29 is 31.9 Å². The number of carbonyl (C=O) groups is 3. The van der Waals surface area contributed by atoms with Crippen LogP contribution in [0.5, 0.6) is 0 Å². The van der Waals surface area contributed by atoms with Gasteiger partial charge in [-0.05, 0) is 48.5 Å². The Labute approximate surface area is 196 Å². The van der Waals surface area contributed by atoms with Crippen molar-refractivity contribution >= 4 is 34.8 Å². The highest BCUT2D eigenvalue weighted by molar-refractivity contribution is 6.11. The minimum absolute atomic E-state index is 0.0499. The number of anilines is 2. The van der Waals surface area contributed by atoms with E-state index in [1.54, 1.807) is 24.3 Å². The molecule has 0 atom stereocenters. The van der Waals surface area contributed by atoms with E-state index < -0.39 is 47.5 Å². The summed E-state index contributed by atoms with van der Waals surface area (Å²) in [7, 11) is 0. The van der Waals surface area contributed by atoms with E-state index in [9.17, 15) is 31.9 Å². The van der Waals surface area contributed by atoms with E-state index in [1.807, 2.05) is 0 Å². The SMILES string of the molecule is C=C1c2ccccc2C(=O)N1CC(=O)Nc1ccc(NC(=O)c2ccc(F)cc2)cc1C(F)(F)F. The van der Waals surface area contributed by atoms with E-state index in [2.05, 4.69) is 17.2 Å². The summed E-state index contributed by atoms with van der Waals surface area (Å²) in [5.41, 5.74) is -0.701. The Balaban J connectivity index is 1.51. The lowest BCUT2D eigenvalue weighted by Gasteiger charge is -2.19. The van der Waals surface area contributed by atoms with Gasteiger partial charge in [-0.15, -0.1) is 0 Å². The number of halogens is 4. The Hall–Kier alpha value is -4.47. The number of alkyl halides is 3. The second-order valence-electron chi connectivity index (χ2n) is 7.65. The largest absolute Gasteiger partial charge is 0.418 e. The van der Waals surface area contributed by atoms with Crippen LogP contribution in [0.3, 0.4) is 0 Å². The molecule has 6 nitrogen and oxygen atoms in total. The summed E-state index contributed by atoms with van der Waals surface area (Å²) in [6, 6.07) is 13.9. The van der Waals surface area contributed by atoms with Gasteiger partial charge in [0.15, 0.2) is 0 Å². The third kappa shape index (κ3) is 4.91. The van der Waals surface area contributed by atoms with E-state index in [4.69, 9.17) is 0 Å². The number of benzene rings is 3. The molecule has 3 aromatic rings. The van der Waals surface area contributed by atoms with Crippen molar-refractivity contribution in [2.75, 3.05) is 17.2 Å². The summed E-state index contributed by atoms with van der Waals surface area (Å²) in [4.78, 5) is 38.5. The van der Waals surface area contributed by atoms with Crippen molar-refractivity contribution in [2.24, 2.45) is 0 Å². The monoisotopic (exact) mass is 483 g/mol. The molecule has 0 unspecified atom stereocenters. The van der Waals surface area contributed by atoms with E-state index in [0.29, 0.717) is 17.2 Å². The molecule has 0 radical (unpaired) electrons. The number of hydrogen-bond donors (Lipinski definition) is 2. The van der Waals surface area contributed by atoms with Crippen molar-refractivity contribution in [2.45, 2.75) is 6.18 Å². The van der Waals surface area contributed by atoms with Crippen molar-refractivity contribution in [3.05, 3.63) is 101 Å². The van der Waals surface area contributed by atoms with Crippen LogP contribution in [0.25, 0.3) is 5.70 Å². The van der Waals surface area contributed by atoms with Crippen LogP contribution >= 0.6 is 0 Å². The molecule has 0 bridgehead atoms. The van der Waals surface area contributed by atoms with Crippen LogP contribution in [-0.2, 0) is 11.0 Å². The second-order valence-corrected chi connectivity index (χ2v) is 7.65. The van der Waals surface area contributed by atoms with Crippen LogP contribution in [0.15, 0.2) is 73.3 Å². The molecule has 1 heterocycles. The molecule has 0 fully saturated rings. The smallest absolute Gasteiger partial charge is 0.324 e. The van der Waals surface area contributed by atoms with Gasteiger partial charge in [-0.2, -0.15) is 13.2 Å². The number of nitrogens with zero attached hydrogens (tertiary/aromatic N) is 1. The standard InChI is InChI=1S/C25H17F4N3O3/c1-14-18-4-2-3-5-19(18)24(35)32(14)13-22(33)31-21-11-10-17(12-20(21)25(27,28)29)30-23(34)15-6-8-16(26)9-7-15/h2-12H,1,13H2,(H,30,34)(H,31,33). The van der Waals surface area contributed by atoms with Crippen molar-refractivity contribution in [3.63, 3.8) is 0 Å². The molecular formula is C25H17F4N3O3. The van der Waals surface area contributed by atoms with Crippen LogP contribution in [0, 0.1) is 5.82 Å². The molecule has 0 spiro atoms. The van der Waals surface area contributed by atoms with Gasteiger partial charge in [-0.25, -0.2) is 4.39 Å². The molecular weight excluding hydrogens is 466 g/mol. The molecule has 4 rings (SSSR count). The Morgan fingerprint density at radius 3 is 2.20 bits per heavy atom. The molecule has 35 heavy (non-hydrogen) atoms. The average molecular weight is 483 g/mol. The fourth-order valence-electron chi connectivity index (χ4n) is 3.61. The number of rotatable bonds is 5. The Morgan fingerprint density at radius 1 is 0.914 bits per heavy atom. The van der Waals surface area contributed by atoms with Gasteiger partial charge in [0.25, 0.3) is 11.8 Å². The molecule has 10 heteroatoms. The van der Waals surface area contributed by atoms with E-state index in [0.717, 1.165) is 23.1 Å².